The predicted octanol–water partition coefficient (Wildman–Crippen LogP) is 3.13. The molecule has 0 amide bonds. The molecule has 0 unspecified atom stereocenters. The highest BCUT2D eigenvalue weighted by molar-refractivity contribution is 5.85. The molecule has 1 aromatic carbocycles. The van der Waals surface area contributed by atoms with Crippen molar-refractivity contribution in [3.8, 4) is 0 Å². The number of carboxylic acid groups (broad SMARTS) is 1. The van der Waals surface area contributed by atoms with E-state index in [1.54, 1.807) is 6.08 Å². The van der Waals surface area contributed by atoms with Gasteiger partial charge in [0.1, 0.15) is 0 Å². The SMILES string of the molecule is [N-]=[N+]=NCC=Cc1cccc(C2(C(=O)O)CC2)c1. The van der Waals surface area contributed by atoms with Crippen molar-refractivity contribution in [2.75, 3.05) is 6.54 Å². The van der Waals surface area contributed by atoms with E-state index in [4.69, 9.17) is 5.53 Å². The second-order valence-corrected chi connectivity index (χ2v) is 4.33. The van der Waals surface area contributed by atoms with E-state index >= 15 is 0 Å². The van der Waals surface area contributed by atoms with E-state index in [0.717, 1.165) is 11.1 Å². The third-order valence-electron chi connectivity index (χ3n) is 3.16. The predicted molar refractivity (Wildman–Crippen MR) is 68.0 cm³/mol. The molecule has 0 aromatic heterocycles. The molecule has 1 aliphatic carbocycles. The number of nitrogens with zero attached hydrogens (tertiary/aromatic N) is 3. The van der Waals surface area contributed by atoms with Crippen LogP contribution in [0, 0.1) is 0 Å². The molecule has 1 aromatic rings. The van der Waals surface area contributed by atoms with Crippen LogP contribution in [0.5, 0.6) is 0 Å². The normalized spacial score (nSPS) is 16.2. The molecule has 0 atom stereocenters. The van der Waals surface area contributed by atoms with Gasteiger partial charge in [-0.05, 0) is 29.5 Å². The molecule has 0 spiro atoms. The Bertz CT molecular complexity index is 541. The van der Waals surface area contributed by atoms with Crippen molar-refractivity contribution >= 4 is 12.0 Å². The maximum atomic E-state index is 11.2. The number of rotatable bonds is 5. The quantitative estimate of drug-likeness (QED) is 0.489. The first-order valence-electron chi connectivity index (χ1n) is 5.70. The third kappa shape index (κ3) is 2.36. The molecule has 0 saturated heterocycles. The number of benzene rings is 1. The van der Waals surface area contributed by atoms with Crippen LogP contribution in [0.15, 0.2) is 35.5 Å². The minimum absolute atomic E-state index is 0.296. The zero-order chi connectivity index (χ0) is 13.0. The Labute approximate surface area is 104 Å². The number of hydrogen-bond acceptors (Lipinski definition) is 2. The maximum Gasteiger partial charge on any atom is 0.314 e. The van der Waals surface area contributed by atoms with Crippen LogP contribution < -0.4 is 0 Å². The standard InChI is InChI=1S/C13H13N3O2/c14-16-15-8-2-4-10-3-1-5-11(9-10)13(6-7-13)12(17)18/h1-5,9H,6-8H2,(H,17,18). The van der Waals surface area contributed by atoms with Crippen LogP contribution >= 0.6 is 0 Å². The lowest BCUT2D eigenvalue weighted by molar-refractivity contribution is -0.140. The number of carbonyl (C=O) groups is 1. The number of azide groups is 1. The van der Waals surface area contributed by atoms with Crippen molar-refractivity contribution in [3.63, 3.8) is 0 Å². The molecule has 0 aliphatic heterocycles. The summed E-state index contributed by atoms with van der Waals surface area (Å²) in [5.74, 6) is -0.752. The van der Waals surface area contributed by atoms with Gasteiger partial charge in [-0.15, -0.1) is 0 Å². The van der Waals surface area contributed by atoms with E-state index in [0.29, 0.717) is 19.4 Å². The van der Waals surface area contributed by atoms with Crippen molar-refractivity contribution in [1.29, 1.82) is 0 Å². The lowest BCUT2D eigenvalue weighted by atomic mass is 9.94. The summed E-state index contributed by atoms with van der Waals surface area (Å²) in [5, 5.41) is 12.6. The van der Waals surface area contributed by atoms with Gasteiger partial charge in [0.15, 0.2) is 0 Å². The Kier molecular flexibility index (Phi) is 3.35. The van der Waals surface area contributed by atoms with E-state index in [1.807, 2.05) is 30.3 Å². The van der Waals surface area contributed by atoms with Crippen molar-refractivity contribution in [2.24, 2.45) is 5.11 Å². The van der Waals surface area contributed by atoms with Crippen LogP contribution in [-0.2, 0) is 10.2 Å². The van der Waals surface area contributed by atoms with E-state index in [-0.39, 0.29) is 0 Å². The topological polar surface area (TPSA) is 86.1 Å². The Balaban J connectivity index is 2.18. The van der Waals surface area contributed by atoms with Crippen LogP contribution in [-0.4, -0.2) is 17.6 Å². The van der Waals surface area contributed by atoms with Gasteiger partial charge in [-0.2, -0.15) is 0 Å². The first-order valence-corrected chi connectivity index (χ1v) is 5.70. The molecule has 1 saturated carbocycles. The maximum absolute atomic E-state index is 11.2. The zero-order valence-electron chi connectivity index (χ0n) is 9.78. The summed E-state index contributed by atoms with van der Waals surface area (Å²) in [6.07, 6.45) is 4.98. The number of carboxylic acids is 1. The van der Waals surface area contributed by atoms with Crippen molar-refractivity contribution in [3.05, 3.63) is 51.9 Å². The first-order chi connectivity index (χ1) is 8.69. The van der Waals surface area contributed by atoms with Gasteiger partial charge in [-0.1, -0.05) is 41.5 Å². The molecule has 18 heavy (non-hydrogen) atoms. The molecular formula is C13H13N3O2. The first kappa shape index (κ1) is 12.2. The Morgan fingerprint density at radius 3 is 2.94 bits per heavy atom. The molecule has 1 fully saturated rings. The highest BCUT2D eigenvalue weighted by Gasteiger charge is 2.51. The van der Waals surface area contributed by atoms with Gasteiger partial charge in [-0.25, -0.2) is 0 Å². The fourth-order valence-electron chi connectivity index (χ4n) is 1.96. The highest BCUT2D eigenvalue weighted by atomic mass is 16.4. The van der Waals surface area contributed by atoms with Crippen LogP contribution in [0.4, 0.5) is 0 Å². The smallest absolute Gasteiger partial charge is 0.314 e. The number of aliphatic carboxylic acids is 1. The summed E-state index contributed by atoms with van der Waals surface area (Å²) in [4.78, 5) is 13.9. The van der Waals surface area contributed by atoms with Gasteiger partial charge in [0.2, 0.25) is 0 Å². The van der Waals surface area contributed by atoms with Gasteiger partial charge in [0.25, 0.3) is 0 Å². The Hall–Kier alpha value is -2.26. The molecule has 2 rings (SSSR count). The zero-order valence-corrected chi connectivity index (χ0v) is 9.78. The summed E-state index contributed by atoms with van der Waals surface area (Å²) in [6, 6.07) is 7.49. The monoisotopic (exact) mass is 243 g/mol. The fraction of sp³-hybridized carbons (Fsp3) is 0.308. The minimum atomic E-state index is -0.752. The second kappa shape index (κ2) is 4.94. The molecule has 92 valence electrons. The minimum Gasteiger partial charge on any atom is -0.481 e. The Morgan fingerprint density at radius 2 is 2.33 bits per heavy atom. The van der Waals surface area contributed by atoms with E-state index in [1.165, 1.54) is 0 Å². The van der Waals surface area contributed by atoms with Crippen molar-refractivity contribution in [1.82, 2.24) is 0 Å². The summed E-state index contributed by atoms with van der Waals surface area (Å²) < 4.78 is 0. The summed E-state index contributed by atoms with van der Waals surface area (Å²) >= 11 is 0. The van der Waals surface area contributed by atoms with Crippen LogP contribution in [0.25, 0.3) is 16.5 Å². The fourth-order valence-corrected chi connectivity index (χ4v) is 1.96. The number of hydrogen-bond donors (Lipinski definition) is 1. The van der Waals surface area contributed by atoms with E-state index in [9.17, 15) is 9.90 Å². The summed E-state index contributed by atoms with van der Waals surface area (Å²) in [6.45, 7) is 0.296. The molecule has 0 heterocycles. The molecule has 5 nitrogen and oxygen atoms in total. The second-order valence-electron chi connectivity index (χ2n) is 4.33. The molecule has 1 aliphatic rings. The molecule has 1 N–H and O–H groups in total. The summed E-state index contributed by atoms with van der Waals surface area (Å²) in [5.41, 5.74) is 9.24. The molecular weight excluding hydrogens is 230 g/mol. The average molecular weight is 243 g/mol. The lowest BCUT2D eigenvalue weighted by Gasteiger charge is -2.10. The van der Waals surface area contributed by atoms with Crippen molar-refractivity contribution < 1.29 is 9.90 Å². The van der Waals surface area contributed by atoms with Gasteiger partial charge in [0, 0.05) is 11.5 Å². The van der Waals surface area contributed by atoms with Gasteiger partial charge < -0.3 is 5.11 Å². The van der Waals surface area contributed by atoms with Crippen LogP contribution in [0.3, 0.4) is 0 Å². The van der Waals surface area contributed by atoms with E-state index < -0.39 is 11.4 Å². The highest BCUT2D eigenvalue weighted by Crippen LogP contribution is 2.48. The van der Waals surface area contributed by atoms with Crippen molar-refractivity contribution in [2.45, 2.75) is 18.3 Å². The third-order valence-corrected chi connectivity index (χ3v) is 3.16. The van der Waals surface area contributed by atoms with Gasteiger partial charge >= 0.3 is 5.97 Å². The Morgan fingerprint density at radius 1 is 1.56 bits per heavy atom. The van der Waals surface area contributed by atoms with Crippen LogP contribution in [0.1, 0.15) is 24.0 Å². The van der Waals surface area contributed by atoms with Gasteiger partial charge in [0.05, 0.1) is 5.41 Å². The van der Waals surface area contributed by atoms with Crippen LogP contribution in [0.2, 0.25) is 0 Å². The largest absolute Gasteiger partial charge is 0.481 e. The molecule has 5 heteroatoms. The lowest BCUT2D eigenvalue weighted by Crippen LogP contribution is -2.19. The molecule has 0 bridgehead atoms. The average Bonchev–Trinajstić information content (AvgIpc) is 3.16. The van der Waals surface area contributed by atoms with E-state index in [2.05, 4.69) is 10.0 Å². The summed E-state index contributed by atoms with van der Waals surface area (Å²) in [7, 11) is 0. The molecule has 0 radical (unpaired) electrons. The van der Waals surface area contributed by atoms with Gasteiger partial charge in [-0.3, -0.25) is 4.79 Å².